The zero-order valence-corrected chi connectivity index (χ0v) is 22.5. The van der Waals surface area contributed by atoms with Crippen molar-refractivity contribution < 1.29 is 33.3 Å². The van der Waals surface area contributed by atoms with Gasteiger partial charge < -0.3 is 18.9 Å². The summed E-state index contributed by atoms with van der Waals surface area (Å²) in [5.41, 5.74) is 2.53. The molecule has 2 aromatic carbocycles. The predicted octanol–water partition coefficient (Wildman–Crippen LogP) is 5.71. The van der Waals surface area contributed by atoms with E-state index in [9.17, 15) is 14.4 Å². The molecule has 1 aliphatic carbocycles. The normalized spacial score (nSPS) is 15.1. The summed E-state index contributed by atoms with van der Waals surface area (Å²) in [6, 6.07) is 13.1. The molecule has 0 radical (unpaired) electrons. The number of rotatable bonds is 7. The van der Waals surface area contributed by atoms with Gasteiger partial charge in [0.2, 0.25) is 5.91 Å². The molecular formula is C27H32ClN3O7. The monoisotopic (exact) mass is 545 g/mol. The number of methoxy groups -OCH3 is 3. The van der Waals surface area contributed by atoms with Crippen molar-refractivity contribution in [3.8, 4) is 11.5 Å². The van der Waals surface area contributed by atoms with Gasteiger partial charge in [0.05, 0.1) is 39.7 Å². The maximum Gasteiger partial charge on any atom is 0.411 e. The number of nitrogens with zero attached hydrogens (tertiary/aromatic N) is 2. The first kappa shape index (κ1) is 28.8. The fourth-order valence-corrected chi connectivity index (χ4v) is 4.10. The number of amides is 2. The first-order valence-corrected chi connectivity index (χ1v) is 12.6. The molecule has 0 aromatic heterocycles. The van der Waals surface area contributed by atoms with Crippen molar-refractivity contribution in [2.45, 2.75) is 51.2 Å². The highest BCUT2D eigenvalue weighted by Gasteiger charge is 2.24. The van der Waals surface area contributed by atoms with E-state index in [0.29, 0.717) is 30.8 Å². The van der Waals surface area contributed by atoms with Crippen LogP contribution in [0.25, 0.3) is 0 Å². The molecule has 4 rings (SSSR count). The van der Waals surface area contributed by atoms with Gasteiger partial charge in [0, 0.05) is 35.7 Å². The average Bonchev–Trinajstić information content (AvgIpc) is 3.44. The second-order valence-electron chi connectivity index (χ2n) is 8.64. The highest BCUT2D eigenvalue weighted by molar-refractivity contribution is 6.61. The zero-order valence-electron chi connectivity index (χ0n) is 21.7. The van der Waals surface area contributed by atoms with Gasteiger partial charge in [-0.15, -0.1) is 0 Å². The minimum atomic E-state index is -0.773. The van der Waals surface area contributed by atoms with Crippen molar-refractivity contribution in [2.24, 2.45) is 5.10 Å². The summed E-state index contributed by atoms with van der Waals surface area (Å²) >= 11 is 4.60. The van der Waals surface area contributed by atoms with E-state index in [-0.39, 0.29) is 12.0 Å². The number of hydrazone groups is 1. The van der Waals surface area contributed by atoms with Gasteiger partial charge in [-0.25, -0.2) is 14.6 Å². The summed E-state index contributed by atoms with van der Waals surface area (Å²) in [4.78, 5) is 33.2. The van der Waals surface area contributed by atoms with Gasteiger partial charge in [-0.2, -0.15) is 5.10 Å². The van der Waals surface area contributed by atoms with E-state index in [0.717, 1.165) is 35.4 Å². The molecule has 38 heavy (non-hydrogen) atoms. The fraction of sp³-hybridized carbons (Fsp3) is 0.407. The van der Waals surface area contributed by atoms with Gasteiger partial charge in [-0.1, -0.05) is 12.1 Å². The molecule has 2 amide bonds. The maximum atomic E-state index is 12.5. The number of hydrogen-bond donors (Lipinski definition) is 1. The van der Waals surface area contributed by atoms with Crippen LogP contribution < -0.4 is 14.8 Å². The van der Waals surface area contributed by atoms with Crippen LogP contribution in [0, 0.1) is 0 Å². The zero-order chi connectivity index (χ0) is 27.5. The summed E-state index contributed by atoms with van der Waals surface area (Å²) in [6.07, 6.45) is 5.16. The van der Waals surface area contributed by atoms with Crippen molar-refractivity contribution in [3.63, 3.8) is 0 Å². The maximum absolute atomic E-state index is 12.5. The first-order chi connectivity index (χ1) is 18.3. The van der Waals surface area contributed by atoms with Crippen molar-refractivity contribution in [3.05, 3.63) is 53.6 Å². The van der Waals surface area contributed by atoms with E-state index in [4.69, 9.17) is 9.47 Å². The minimum Gasteiger partial charge on any atom is -0.493 e. The number of carbonyl (C=O) groups is 3. The largest absolute Gasteiger partial charge is 0.493 e. The van der Waals surface area contributed by atoms with E-state index in [1.807, 2.05) is 30.3 Å². The summed E-state index contributed by atoms with van der Waals surface area (Å²) in [5.74, 6) is 1.41. The SMILES string of the molecule is COC(=O)Cl.COC(=O)Nc1ccc(CN2N=C(c3ccc(OC)c(OC4CCCC4)c3)CCC2=O)cc1. The van der Waals surface area contributed by atoms with Crippen molar-refractivity contribution in [1.29, 1.82) is 0 Å². The Morgan fingerprint density at radius 2 is 1.68 bits per heavy atom. The molecule has 204 valence electrons. The number of anilines is 1. The summed E-state index contributed by atoms with van der Waals surface area (Å²) < 4.78 is 20.2. The molecule has 1 aliphatic heterocycles. The van der Waals surface area contributed by atoms with Crippen molar-refractivity contribution in [1.82, 2.24) is 5.01 Å². The van der Waals surface area contributed by atoms with Crippen molar-refractivity contribution >= 4 is 40.4 Å². The molecule has 1 saturated carbocycles. The summed E-state index contributed by atoms with van der Waals surface area (Å²) in [7, 11) is 4.17. The van der Waals surface area contributed by atoms with Crippen molar-refractivity contribution in [2.75, 3.05) is 26.6 Å². The Kier molecular flexibility index (Phi) is 10.8. The van der Waals surface area contributed by atoms with Crippen LogP contribution in [0.3, 0.4) is 0 Å². The van der Waals surface area contributed by atoms with Crippen LogP contribution in [0.2, 0.25) is 0 Å². The highest BCUT2D eigenvalue weighted by atomic mass is 35.5. The Labute approximate surface area is 226 Å². The Morgan fingerprint density at radius 1 is 1.00 bits per heavy atom. The molecule has 0 unspecified atom stereocenters. The molecule has 2 aromatic rings. The third-order valence-electron chi connectivity index (χ3n) is 6.08. The molecule has 0 spiro atoms. The van der Waals surface area contributed by atoms with E-state index >= 15 is 0 Å². The van der Waals surface area contributed by atoms with Gasteiger partial charge in [0.15, 0.2) is 11.5 Å². The number of hydrogen-bond acceptors (Lipinski definition) is 8. The smallest absolute Gasteiger partial charge is 0.411 e. The third kappa shape index (κ3) is 8.37. The van der Waals surface area contributed by atoms with Crippen LogP contribution in [0.5, 0.6) is 11.5 Å². The predicted molar refractivity (Wildman–Crippen MR) is 143 cm³/mol. The molecule has 11 heteroatoms. The third-order valence-corrected chi connectivity index (χ3v) is 6.23. The van der Waals surface area contributed by atoms with Crippen LogP contribution in [-0.4, -0.2) is 55.6 Å². The lowest BCUT2D eigenvalue weighted by Crippen LogP contribution is -2.31. The van der Waals surface area contributed by atoms with Gasteiger partial charge in [-0.05, 0) is 61.6 Å². The van der Waals surface area contributed by atoms with Crippen LogP contribution in [-0.2, 0) is 20.8 Å². The number of ether oxygens (including phenoxy) is 4. The molecule has 1 fully saturated rings. The number of carbonyl (C=O) groups excluding carboxylic acids is 3. The quantitative estimate of drug-likeness (QED) is 0.443. The van der Waals surface area contributed by atoms with E-state index in [1.165, 1.54) is 32.1 Å². The summed E-state index contributed by atoms with van der Waals surface area (Å²) in [5, 5.41) is 8.77. The Morgan fingerprint density at radius 3 is 2.29 bits per heavy atom. The molecular weight excluding hydrogens is 514 g/mol. The van der Waals surface area contributed by atoms with Crippen LogP contribution >= 0.6 is 11.6 Å². The fourth-order valence-electron chi connectivity index (χ4n) is 4.10. The van der Waals surface area contributed by atoms with Gasteiger partial charge in [0.25, 0.3) is 0 Å². The second kappa shape index (κ2) is 14.2. The topological polar surface area (TPSA) is 116 Å². The molecule has 0 saturated heterocycles. The number of nitrogens with one attached hydrogen (secondary N) is 1. The summed E-state index contributed by atoms with van der Waals surface area (Å²) in [6.45, 7) is 0.350. The molecule has 0 atom stereocenters. The van der Waals surface area contributed by atoms with Gasteiger partial charge >= 0.3 is 11.5 Å². The van der Waals surface area contributed by atoms with E-state index < -0.39 is 11.5 Å². The Hall–Kier alpha value is -3.79. The van der Waals surface area contributed by atoms with E-state index in [1.54, 1.807) is 19.2 Å². The van der Waals surface area contributed by atoms with Gasteiger partial charge in [-0.3, -0.25) is 10.1 Å². The average molecular weight is 546 g/mol. The lowest BCUT2D eigenvalue weighted by molar-refractivity contribution is -0.132. The van der Waals surface area contributed by atoms with Crippen LogP contribution in [0.4, 0.5) is 15.3 Å². The minimum absolute atomic E-state index is 0.0218. The van der Waals surface area contributed by atoms with Crippen LogP contribution in [0.1, 0.15) is 49.7 Å². The molecule has 0 bridgehead atoms. The lowest BCUT2D eigenvalue weighted by Gasteiger charge is -2.24. The Bertz CT molecular complexity index is 1150. The molecule has 1 N–H and O–H groups in total. The number of benzene rings is 2. The first-order valence-electron chi connectivity index (χ1n) is 12.2. The standard InChI is InChI=1S/C25H29N3O5.C2H3ClO2/c1-31-22-13-9-18(15-23(22)33-20-5-3-4-6-20)21-12-14-24(29)28(27-21)16-17-7-10-19(11-8-17)26-25(30)32-2;1-5-2(3)4/h7-11,13,15,20H,3-6,12,14,16H2,1-2H3,(H,26,30);1H3. The highest BCUT2D eigenvalue weighted by Crippen LogP contribution is 2.33. The second-order valence-corrected chi connectivity index (χ2v) is 8.95. The van der Waals surface area contributed by atoms with E-state index in [2.05, 4.69) is 31.5 Å². The number of halogens is 1. The molecule has 2 aliphatic rings. The Balaban J connectivity index is 0.000000732. The lowest BCUT2D eigenvalue weighted by atomic mass is 10.0. The van der Waals surface area contributed by atoms with Crippen LogP contribution in [0.15, 0.2) is 47.6 Å². The molecule has 10 nitrogen and oxygen atoms in total. The molecule has 1 heterocycles. The van der Waals surface area contributed by atoms with Gasteiger partial charge in [0.1, 0.15) is 0 Å².